The molecule has 0 unspecified atom stereocenters. The van der Waals surface area contributed by atoms with Crippen LogP contribution in [-0.2, 0) is 4.79 Å². The van der Waals surface area contributed by atoms with Gasteiger partial charge in [0.25, 0.3) is 5.91 Å². The van der Waals surface area contributed by atoms with Gasteiger partial charge in [0.05, 0.1) is 11.8 Å². The predicted molar refractivity (Wildman–Crippen MR) is 128 cm³/mol. The van der Waals surface area contributed by atoms with Crippen LogP contribution in [0.1, 0.15) is 15.9 Å². The fourth-order valence-electron chi connectivity index (χ4n) is 2.99. The largest absolute Gasteiger partial charge is 0.484 e. The molecule has 0 bridgehead atoms. The van der Waals surface area contributed by atoms with Crippen molar-refractivity contribution in [2.45, 2.75) is 0 Å². The Morgan fingerprint density at radius 3 is 2.30 bits per heavy atom. The normalized spacial score (nSPS) is 10.8. The molecule has 0 aliphatic heterocycles. The van der Waals surface area contributed by atoms with E-state index in [0.717, 1.165) is 16.3 Å². The van der Waals surface area contributed by atoms with Gasteiger partial charge in [-0.25, -0.2) is 10.2 Å². The maximum atomic E-state index is 12.1. The van der Waals surface area contributed by atoms with Crippen LogP contribution < -0.4 is 14.9 Å². The SMILES string of the molecule is O=C(COc1ccc2ccccc2c1)N/N=C\c1ccc(OC(=O)c2ccc(Cl)cc2)cc1. The van der Waals surface area contributed by atoms with E-state index >= 15 is 0 Å². The Hall–Kier alpha value is -4.16. The highest BCUT2D eigenvalue weighted by atomic mass is 35.5. The van der Waals surface area contributed by atoms with Gasteiger partial charge in [0.2, 0.25) is 0 Å². The van der Waals surface area contributed by atoms with Crippen molar-refractivity contribution in [3.8, 4) is 11.5 Å². The number of hydrogen-bond acceptors (Lipinski definition) is 5. The van der Waals surface area contributed by atoms with Crippen molar-refractivity contribution in [3.63, 3.8) is 0 Å². The molecule has 4 rings (SSSR count). The molecule has 0 atom stereocenters. The second kappa shape index (κ2) is 10.4. The van der Waals surface area contributed by atoms with E-state index in [-0.39, 0.29) is 12.5 Å². The van der Waals surface area contributed by atoms with E-state index in [0.29, 0.717) is 22.1 Å². The van der Waals surface area contributed by atoms with Crippen LogP contribution in [0.5, 0.6) is 11.5 Å². The molecule has 0 aliphatic rings. The van der Waals surface area contributed by atoms with Gasteiger partial charge in [-0.2, -0.15) is 5.10 Å². The lowest BCUT2D eigenvalue weighted by Crippen LogP contribution is -2.24. The first-order valence-electron chi connectivity index (χ1n) is 10.1. The van der Waals surface area contributed by atoms with Crippen LogP contribution in [0.15, 0.2) is 96.1 Å². The maximum absolute atomic E-state index is 12.1. The Labute approximate surface area is 195 Å². The number of carbonyl (C=O) groups is 2. The molecule has 0 heterocycles. The van der Waals surface area contributed by atoms with Crippen molar-refractivity contribution in [2.75, 3.05) is 6.61 Å². The van der Waals surface area contributed by atoms with Crippen LogP contribution in [0.2, 0.25) is 5.02 Å². The summed E-state index contributed by atoms with van der Waals surface area (Å²) in [6.07, 6.45) is 1.48. The zero-order valence-corrected chi connectivity index (χ0v) is 18.2. The molecule has 33 heavy (non-hydrogen) atoms. The molecule has 1 amide bonds. The fourth-order valence-corrected chi connectivity index (χ4v) is 3.12. The van der Waals surface area contributed by atoms with E-state index in [1.54, 1.807) is 48.5 Å². The summed E-state index contributed by atoms with van der Waals surface area (Å²) in [5, 5.41) is 6.61. The number of amides is 1. The van der Waals surface area contributed by atoms with Gasteiger partial charge in [-0.1, -0.05) is 41.9 Å². The van der Waals surface area contributed by atoms with E-state index in [1.807, 2.05) is 42.5 Å². The van der Waals surface area contributed by atoms with Crippen molar-refractivity contribution in [1.82, 2.24) is 5.43 Å². The number of fused-ring (bicyclic) bond motifs is 1. The van der Waals surface area contributed by atoms with Crippen molar-refractivity contribution in [3.05, 3.63) is 107 Å². The Morgan fingerprint density at radius 1 is 0.848 bits per heavy atom. The summed E-state index contributed by atoms with van der Waals surface area (Å²) >= 11 is 5.82. The molecule has 1 N–H and O–H groups in total. The number of halogens is 1. The summed E-state index contributed by atoms with van der Waals surface area (Å²) in [7, 11) is 0. The van der Waals surface area contributed by atoms with Gasteiger partial charge in [0, 0.05) is 5.02 Å². The molecule has 0 radical (unpaired) electrons. The van der Waals surface area contributed by atoms with E-state index in [2.05, 4.69) is 10.5 Å². The molecule has 4 aromatic carbocycles. The highest BCUT2D eigenvalue weighted by Crippen LogP contribution is 2.20. The zero-order chi connectivity index (χ0) is 23.0. The van der Waals surface area contributed by atoms with Gasteiger partial charge in [-0.3, -0.25) is 4.79 Å². The third-order valence-electron chi connectivity index (χ3n) is 4.66. The van der Waals surface area contributed by atoms with Gasteiger partial charge in [0.1, 0.15) is 11.5 Å². The molecule has 0 aliphatic carbocycles. The lowest BCUT2D eigenvalue weighted by atomic mass is 10.1. The van der Waals surface area contributed by atoms with Crippen LogP contribution in [0.25, 0.3) is 10.8 Å². The van der Waals surface area contributed by atoms with Crippen molar-refractivity contribution in [1.29, 1.82) is 0 Å². The molecular formula is C26H19ClN2O4. The van der Waals surface area contributed by atoms with E-state index < -0.39 is 5.97 Å². The zero-order valence-electron chi connectivity index (χ0n) is 17.4. The smallest absolute Gasteiger partial charge is 0.343 e. The first kappa shape index (κ1) is 22.0. The topological polar surface area (TPSA) is 77.0 Å². The summed E-state index contributed by atoms with van der Waals surface area (Å²) in [6, 6.07) is 26.7. The minimum Gasteiger partial charge on any atom is -0.484 e. The summed E-state index contributed by atoms with van der Waals surface area (Å²) in [5.41, 5.74) is 3.54. The standard InChI is InChI=1S/C26H19ClN2O4/c27-22-10-7-20(8-11-22)26(31)33-23-12-5-18(6-13-23)16-28-29-25(30)17-32-24-14-9-19-3-1-2-4-21(19)15-24/h1-16H,17H2,(H,29,30)/b28-16-. The quantitative estimate of drug-likeness (QED) is 0.178. The van der Waals surface area contributed by atoms with Gasteiger partial charge < -0.3 is 9.47 Å². The summed E-state index contributed by atoms with van der Waals surface area (Å²) < 4.78 is 10.9. The highest BCUT2D eigenvalue weighted by molar-refractivity contribution is 6.30. The maximum Gasteiger partial charge on any atom is 0.343 e. The first-order valence-corrected chi connectivity index (χ1v) is 10.5. The number of nitrogens with one attached hydrogen (secondary N) is 1. The average Bonchev–Trinajstić information content (AvgIpc) is 2.84. The number of benzene rings is 4. The second-order valence-corrected chi connectivity index (χ2v) is 7.49. The third kappa shape index (κ3) is 6.18. The monoisotopic (exact) mass is 458 g/mol. The van der Waals surface area contributed by atoms with Gasteiger partial charge in [0.15, 0.2) is 6.61 Å². The molecule has 4 aromatic rings. The molecule has 7 heteroatoms. The van der Waals surface area contributed by atoms with E-state index in [4.69, 9.17) is 21.1 Å². The van der Waals surface area contributed by atoms with Crippen LogP contribution >= 0.6 is 11.6 Å². The van der Waals surface area contributed by atoms with E-state index in [9.17, 15) is 9.59 Å². The van der Waals surface area contributed by atoms with Gasteiger partial charge in [-0.15, -0.1) is 0 Å². The lowest BCUT2D eigenvalue weighted by Gasteiger charge is -2.06. The molecule has 0 saturated carbocycles. The number of nitrogens with zero attached hydrogens (tertiary/aromatic N) is 1. The second-order valence-electron chi connectivity index (χ2n) is 7.06. The molecule has 0 aromatic heterocycles. The van der Waals surface area contributed by atoms with Crippen LogP contribution in [0, 0.1) is 0 Å². The number of carbonyl (C=O) groups excluding carboxylic acids is 2. The third-order valence-corrected chi connectivity index (χ3v) is 4.92. The summed E-state index contributed by atoms with van der Waals surface area (Å²) in [6.45, 7) is -0.157. The van der Waals surface area contributed by atoms with Crippen molar-refractivity contribution < 1.29 is 19.1 Å². The fraction of sp³-hybridized carbons (Fsp3) is 0.0385. The minimum absolute atomic E-state index is 0.157. The van der Waals surface area contributed by atoms with Gasteiger partial charge >= 0.3 is 5.97 Å². The summed E-state index contributed by atoms with van der Waals surface area (Å²) in [4.78, 5) is 24.1. The Balaban J connectivity index is 1.25. The molecular weight excluding hydrogens is 440 g/mol. The molecule has 0 fully saturated rings. The molecule has 0 spiro atoms. The molecule has 0 saturated heterocycles. The number of rotatable bonds is 7. The molecule has 6 nitrogen and oxygen atoms in total. The van der Waals surface area contributed by atoms with Gasteiger partial charge in [-0.05, 0) is 77.0 Å². The van der Waals surface area contributed by atoms with Crippen LogP contribution in [0.3, 0.4) is 0 Å². The number of ether oxygens (including phenoxy) is 2. The van der Waals surface area contributed by atoms with Crippen LogP contribution in [0.4, 0.5) is 0 Å². The number of hydrogen-bond donors (Lipinski definition) is 1. The number of hydrazone groups is 1. The predicted octanol–water partition coefficient (Wildman–Crippen LogP) is 5.24. The van der Waals surface area contributed by atoms with E-state index in [1.165, 1.54) is 6.21 Å². The van der Waals surface area contributed by atoms with Crippen LogP contribution in [-0.4, -0.2) is 24.7 Å². The number of esters is 1. The lowest BCUT2D eigenvalue weighted by molar-refractivity contribution is -0.123. The Morgan fingerprint density at radius 2 is 1.55 bits per heavy atom. The minimum atomic E-state index is -0.480. The molecule has 164 valence electrons. The average molecular weight is 459 g/mol. The van der Waals surface area contributed by atoms with Crippen molar-refractivity contribution in [2.24, 2.45) is 5.10 Å². The van der Waals surface area contributed by atoms with Crippen molar-refractivity contribution >= 4 is 40.5 Å². The highest BCUT2D eigenvalue weighted by Gasteiger charge is 2.08. The first-order chi connectivity index (χ1) is 16.1. The summed E-state index contributed by atoms with van der Waals surface area (Å²) in [5.74, 6) is 0.135. The Bertz CT molecular complexity index is 1300. The Kier molecular flexibility index (Phi) is 6.97.